The second kappa shape index (κ2) is 6.13. The molecule has 22 heavy (non-hydrogen) atoms. The van der Waals surface area contributed by atoms with Crippen LogP contribution in [0.15, 0.2) is 10.9 Å². The maximum Gasteiger partial charge on any atom is 0.267 e. The molecule has 0 atom stereocenters. The van der Waals surface area contributed by atoms with Gasteiger partial charge in [0.25, 0.3) is 5.56 Å². The van der Waals surface area contributed by atoms with Gasteiger partial charge in [-0.05, 0) is 38.5 Å². The van der Waals surface area contributed by atoms with Gasteiger partial charge in [0.1, 0.15) is 0 Å². The van der Waals surface area contributed by atoms with Gasteiger partial charge in [-0.15, -0.1) is 0 Å². The van der Waals surface area contributed by atoms with E-state index in [1.807, 2.05) is 0 Å². The summed E-state index contributed by atoms with van der Waals surface area (Å²) in [5.41, 5.74) is 2.08. The van der Waals surface area contributed by atoms with Crippen LogP contribution in [0, 0.1) is 0 Å². The molecule has 0 unspecified atom stereocenters. The van der Waals surface area contributed by atoms with Crippen LogP contribution < -0.4 is 10.9 Å². The second-order valence-electron chi connectivity index (χ2n) is 7.00. The monoisotopic (exact) mass is 303 g/mol. The number of ether oxygens (including phenoxy) is 1. The van der Waals surface area contributed by atoms with Gasteiger partial charge in [-0.1, -0.05) is 6.42 Å². The van der Waals surface area contributed by atoms with Crippen LogP contribution in [0.2, 0.25) is 0 Å². The molecular weight excluding hydrogens is 278 g/mol. The third kappa shape index (κ3) is 2.84. The molecule has 2 fully saturated rings. The molecule has 1 aliphatic heterocycles. The number of fused-ring (bicyclic) bond motifs is 1. The van der Waals surface area contributed by atoms with Crippen molar-refractivity contribution in [3.05, 3.63) is 27.7 Å². The van der Waals surface area contributed by atoms with Crippen molar-refractivity contribution in [2.75, 3.05) is 6.61 Å². The van der Waals surface area contributed by atoms with E-state index in [1.165, 1.54) is 19.3 Å². The summed E-state index contributed by atoms with van der Waals surface area (Å²) in [4.78, 5) is 12.3. The molecule has 120 valence electrons. The molecule has 0 aromatic carbocycles. The topological polar surface area (TPSA) is 56.2 Å². The van der Waals surface area contributed by atoms with Gasteiger partial charge >= 0.3 is 0 Å². The summed E-state index contributed by atoms with van der Waals surface area (Å²) in [6, 6.07) is 3.41. The van der Waals surface area contributed by atoms with Crippen molar-refractivity contribution >= 4 is 0 Å². The van der Waals surface area contributed by atoms with Gasteiger partial charge in [0.05, 0.1) is 24.9 Å². The van der Waals surface area contributed by atoms with Crippen molar-refractivity contribution in [3.8, 4) is 0 Å². The summed E-state index contributed by atoms with van der Waals surface area (Å²) in [6.07, 6.45) is 9.34. The molecule has 0 amide bonds. The quantitative estimate of drug-likeness (QED) is 0.927. The number of aromatic nitrogens is 2. The highest BCUT2D eigenvalue weighted by atomic mass is 16.5. The van der Waals surface area contributed by atoms with E-state index in [0.29, 0.717) is 12.6 Å². The fourth-order valence-corrected chi connectivity index (χ4v) is 3.89. The van der Waals surface area contributed by atoms with Crippen molar-refractivity contribution in [2.24, 2.45) is 0 Å². The first-order valence-electron chi connectivity index (χ1n) is 8.75. The van der Waals surface area contributed by atoms with Gasteiger partial charge < -0.3 is 10.1 Å². The first-order chi connectivity index (χ1) is 10.8. The number of nitrogens with zero attached hydrogens (tertiary/aromatic N) is 2. The lowest BCUT2D eigenvalue weighted by Gasteiger charge is -2.35. The van der Waals surface area contributed by atoms with E-state index < -0.39 is 0 Å². The van der Waals surface area contributed by atoms with Crippen LogP contribution in [0.1, 0.15) is 62.2 Å². The Balaban J connectivity index is 1.43. The second-order valence-corrected chi connectivity index (χ2v) is 7.00. The largest absolute Gasteiger partial charge is 0.376 e. The third-order valence-electron chi connectivity index (χ3n) is 5.48. The fraction of sp³-hybridized carbons (Fsp3) is 0.765. The maximum atomic E-state index is 12.3. The minimum atomic E-state index is 0.0413. The Kier molecular flexibility index (Phi) is 4.01. The summed E-state index contributed by atoms with van der Waals surface area (Å²) in [5.74, 6) is 0. The zero-order valence-corrected chi connectivity index (χ0v) is 13.1. The summed E-state index contributed by atoms with van der Waals surface area (Å²) >= 11 is 0. The molecule has 0 radical (unpaired) electrons. The van der Waals surface area contributed by atoms with Gasteiger partial charge in [0.15, 0.2) is 0 Å². The lowest BCUT2D eigenvalue weighted by atomic mass is 9.87. The lowest BCUT2D eigenvalue weighted by Crippen LogP contribution is -2.44. The first kappa shape index (κ1) is 14.4. The zero-order chi connectivity index (χ0) is 14.9. The maximum absolute atomic E-state index is 12.3. The highest BCUT2D eigenvalue weighted by Gasteiger charge is 2.27. The molecule has 1 aromatic heterocycles. The summed E-state index contributed by atoms with van der Waals surface area (Å²) in [7, 11) is 0. The van der Waals surface area contributed by atoms with Crippen molar-refractivity contribution in [1.29, 1.82) is 0 Å². The van der Waals surface area contributed by atoms with Gasteiger partial charge in [0.2, 0.25) is 0 Å². The molecule has 1 aromatic rings. The molecule has 2 heterocycles. The fourth-order valence-electron chi connectivity index (χ4n) is 3.89. The first-order valence-corrected chi connectivity index (χ1v) is 8.75. The van der Waals surface area contributed by atoms with Crippen LogP contribution in [0.3, 0.4) is 0 Å². The SMILES string of the molecule is O=c1cc2c(nn1C1CCC(NC3CCC3)CC1)CCOC2. The summed E-state index contributed by atoms with van der Waals surface area (Å²) in [6.45, 7) is 1.26. The van der Waals surface area contributed by atoms with Crippen LogP contribution in [0.4, 0.5) is 0 Å². The smallest absolute Gasteiger partial charge is 0.267 e. The van der Waals surface area contributed by atoms with Gasteiger partial charge in [-0.25, -0.2) is 4.68 Å². The van der Waals surface area contributed by atoms with E-state index in [9.17, 15) is 4.79 Å². The van der Waals surface area contributed by atoms with Crippen LogP contribution in [0.25, 0.3) is 0 Å². The molecule has 0 saturated heterocycles. The molecule has 1 N–H and O–H groups in total. The number of rotatable bonds is 3. The highest BCUT2D eigenvalue weighted by Crippen LogP contribution is 2.29. The number of hydrogen-bond acceptors (Lipinski definition) is 4. The van der Waals surface area contributed by atoms with E-state index in [1.54, 1.807) is 10.7 Å². The van der Waals surface area contributed by atoms with Gasteiger partial charge in [-0.3, -0.25) is 4.79 Å². The van der Waals surface area contributed by atoms with Crippen molar-refractivity contribution in [1.82, 2.24) is 15.1 Å². The van der Waals surface area contributed by atoms with E-state index >= 15 is 0 Å². The minimum absolute atomic E-state index is 0.0413. The molecule has 4 rings (SSSR count). The van der Waals surface area contributed by atoms with Gasteiger partial charge in [-0.2, -0.15) is 5.10 Å². The molecule has 5 heteroatoms. The normalized spacial score (nSPS) is 28.9. The summed E-state index contributed by atoms with van der Waals surface area (Å²) < 4.78 is 7.16. The Hall–Kier alpha value is -1.20. The molecule has 2 saturated carbocycles. The predicted molar refractivity (Wildman–Crippen MR) is 83.9 cm³/mol. The van der Waals surface area contributed by atoms with E-state index in [2.05, 4.69) is 10.4 Å². The Morgan fingerprint density at radius 2 is 1.91 bits per heavy atom. The molecule has 3 aliphatic rings. The lowest BCUT2D eigenvalue weighted by molar-refractivity contribution is 0.107. The van der Waals surface area contributed by atoms with Crippen LogP contribution >= 0.6 is 0 Å². The van der Waals surface area contributed by atoms with Crippen molar-refractivity contribution in [3.63, 3.8) is 0 Å². The Labute approximate surface area is 131 Å². The molecule has 0 bridgehead atoms. The van der Waals surface area contributed by atoms with Crippen LogP contribution in [-0.4, -0.2) is 28.5 Å². The van der Waals surface area contributed by atoms with Crippen molar-refractivity contribution in [2.45, 2.75) is 76.1 Å². The van der Waals surface area contributed by atoms with E-state index in [4.69, 9.17) is 4.74 Å². The van der Waals surface area contributed by atoms with Crippen molar-refractivity contribution < 1.29 is 4.74 Å². The molecule has 5 nitrogen and oxygen atoms in total. The van der Waals surface area contributed by atoms with Crippen LogP contribution in [0.5, 0.6) is 0 Å². The van der Waals surface area contributed by atoms with E-state index in [-0.39, 0.29) is 11.6 Å². The number of nitrogens with one attached hydrogen (secondary N) is 1. The third-order valence-corrected chi connectivity index (χ3v) is 5.48. The Morgan fingerprint density at radius 1 is 1.14 bits per heavy atom. The average molecular weight is 303 g/mol. The highest BCUT2D eigenvalue weighted by molar-refractivity contribution is 5.19. The Morgan fingerprint density at radius 3 is 2.64 bits per heavy atom. The number of hydrogen-bond donors (Lipinski definition) is 1. The van der Waals surface area contributed by atoms with E-state index in [0.717, 1.165) is 56.0 Å². The Bertz CT molecular complexity index is 586. The minimum Gasteiger partial charge on any atom is -0.376 e. The zero-order valence-electron chi connectivity index (χ0n) is 13.1. The summed E-state index contributed by atoms with van der Waals surface area (Å²) in [5, 5.41) is 8.42. The standard InChI is InChI=1S/C17H25N3O2/c21-17-10-12-11-22-9-8-16(12)19-20(17)15-6-4-14(5-7-15)18-13-2-1-3-13/h10,13-15,18H,1-9,11H2. The average Bonchev–Trinajstić information content (AvgIpc) is 2.51. The van der Waals surface area contributed by atoms with Gasteiger partial charge in [0, 0.05) is 30.1 Å². The molecule has 2 aliphatic carbocycles. The van der Waals surface area contributed by atoms with Crippen LogP contribution in [-0.2, 0) is 17.8 Å². The molecule has 0 spiro atoms. The predicted octanol–water partition coefficient (Wildman–Crippen LogP) is 1.94. The molecular formula is C17H25N3O2.